The van der Waals surface area contributed by atoms with Crippen molar-refractivity contribution in [3.05, 3.63) is 65.9 Å². The quantitative estimate of drug-likeness (QED) is 0.203. The molecule has 0 spiro atoms. The van der Waals surface area contributed by atoms with Gasteiger partial charge in [0.2, 0.25) is 0 Å². The number of H-pyrrole nitrogens is 1. The molecule has 0 aliphatic heterocycles. The van der Waals surface area contributed by atoms with E-state index in [2.05, 4.69) is 22.3 Å². The van der Waals surface area contributed by atoms with Crippen molar-refractivity contribution in [1.29, 1.82) is 0 Å². The van der Waals surface area contributed by atoms with Crippen molar-refractivity contribution < 1.29 is 4.79 Å². The third kappa shape index (κ3) is 4.47. The van der Waals surface area contributed by atoms with Gasteiger partial charge in [0.05, 0.1) is 17.2 Å². The molecule has 178 valence electrons. The molecule has 0 aliphatic rings. The third-order valence-corrected chi connectivity index (χ3v) is 6.20. The molecule has 4 N–H and O–H groups in total. The van der Waals surface area contributed by atoms with Crippen LogP contribution in [0, 0.1) is 0 Å². The van der Waals surface area contributed by atoms with Crippen LogP contribution in [-0.4, -0.2) is 38.3 Å². The number of para-hydroxylation sites is 3. The lowest BCUT2D eigenvalue weighted by Gasteiger charge is -2.05. The van der Waals surface area contributed by atoms with Crippen molar-refractivity contribution >= 4 is 51.0 Å². The molecule has 8 heteroatoms. The van der Waals surface area contributed by atoms with Crippen LogP contribution in [0.2, 0.25) is 0 Å². The summed E-state index contributed by atoms with van der Waals surface area (Å²) in [6, 6.07) is 15.6. The van der Waals surface area contributed by atoms with Crippen molar-refractivity contribution in [3.63, 3.8) is 0 Å². The summed E-state index contributed by atoms with van der Waals surface area (Å²) in [6.07, 6.45) is 9.21. The average Bonchev–Trinajstić information content (AvgIpc) is 3.41. The van der Waals surface area contributed by atoms with E-state index in [4.69, 9.17) is 15.7 Å². The van der Waals surface area contributed by atoms with E-state index in [1.807, 2.05) is 54.7 Å². The number of amides is 1. The van der Waals surface area contributed by atoms with E-state index in [1.165, 1.54) is 23.9 Å². The summed E-state index contributed by atoms with van der Waals surface area (Å²) in [7, 11) is 0. The molecule has 0 radical (unpaired) electrons. The molecule has 0 bridgehead atoms. The van der Waals surface area contributed by atoms with Crippen LogP contribution < -0.4 is 11.1 Å². The predicted molar refractivity (Wildman–Crippen MR) is 142 cm³/mol. The molecule has 0 atom stereocenters. The number of benzene rings is 2. The van der Waals surface area contributed by atoms with E-state index in [-0.39, 0.29) is 11.7 Å². The Morgan fingerprint density at radius 2 is 1.80 bits per heavy atom. The molecule has 5 rings (SSSR count). The van der Waals surface area contributed by atoms with Gasteiger partial charge in [-0.05, 0) is 24.6 Å². The van der Waals surface area contributed by atoms with E-state index < -0.39 is 0 Å². The fourth-order valence-corrected chi connectivity index (χ4v) is 4.33. The number of unbranched alkanes of at least 4 members (excludes halogenated alkanes) is 4. The van der Waals surface area contributed by atoms with Gasteiger partial charge >= 0.3 is 0 Å². The first-order valence-electron chi connectivity index (χ1n) is 12.1. The number of nitrogens with two attached hydrogens (primary N) is 1. The SMILES string of the molecule is CCCCCCCNC(=O)c1c(N)n(/N=C/c2c[nH]c3ccccc23)c2nc3ccccc3nc12. The first kappa shape index (κ1) is 22.6. The van der Waals surface area contributed by atoms with Crippen LogP contribution in [0.4, 0.5) is 5.82 Å². The van der Waals surface area contributed by atoms with Gasteiger partial charge in [-0.25, -0.2) is 9.97 Å². The van der Waals surface area contributed by atoms with Gasteiger partial charge in [0, 0.05) is 29.2 Å². The van der Waals surface area contributed by atoms with Crippen molar-refractivity contribution in [3.8, 4) is 0 Å². The minimum absolute atomic E-state index is 0.217. The first-order chi connectivity index (χ1) is 17.2. The zero-order valence-electron chi connectivity index (χ0n) is 19.8. The summed E-state index contributed by atoms with van der Waals surface area (Å²) in [4.78, 5) is 25.9. The van der Waals surface area contributed by atoms with Crippen LogP contribution in [-0.2, 0) is 0 Å². The molecule has 0 saturated carbocycles. The molecule has 8 nitrogen and oxygen atoms in total. The summed E-state index contributed by atoms with van der Waals surface area (Å²) in [6.45, 7) is 2.78. The molecule has 0 fully saturated rings. The summed E-state index contributed by atoms with van der Waals surface area (Å²) < 4.78 is 1.51. The second kappa shape index (κ2) is 9.97. The summed E-state index contributed by atoms with van der Waals surface area (Å²) in [5.74, 6) is -0.0384. The summed E-state index contributed by atoms with van der Waals surface area (Å²) in [5.41, 5.74) is 11.0. The molecule has 0 unspecified atom stereocenters. The topological polar surface area (TPSA) is 114 Å². The highest BCUT2D eigenvalue weighted by atomic mass is 16.1. The standard InChI is InChI=1S/C27H29N7O/c1-2-3-4-5-10-15-29-27(35)23-24-26(33-22-14-9-8-13-21(22)32-24)34(25(23)28)31-17-18-16-30-20-12-7-6-11-19(18)20/h6-9,11-14,16-17,30H,2-5,10,15,28H2,1H3,(H,29,35)/b31-17+. The number of nitrogen functional groups attached to an aromatic ring is 1. The van der Waals surface area contributed by atoms with E-state index in [9.17, 15) is 4.79 Å². The number of hydrogen-bond acceptors (Lipinski definition) is 5. The maximum atomic E-state index is 13.2. The predicted octanol–water partition coefficient (Wildman–Crippen LogP) is 5.23. The maximum Gasteiger partial charge on any atom is 0.257 e. The lowest BCUT2D eigenvalue weighted by Crippen LogP contribution is -2.25. The smallest absolute Gasteiger partial charge is 0.257 e. The summed E-state index contributed by atoms with van der Waals surface area (Å²) >= 11 is 0. The third-order valence-electron chi connectivity index (χ3n) is 6.20. The van der Waals surface area contributed by atoms with Gasteiger partial charge in [-0.15, -0.1) is 0 Å². The molecule has 0 aliphatic carbocycles. The van der Waals surface area contributed by atoms with Crippen molar-refractivity contribution in [1.82, 2.24) is 24.9 Å². The number of carbonyl (C=O) groups excluding carboxylic acids is 1. The van der Waals surface area contributed by atoms with Gasteiger partial charge < -0.3 is 16.0 Å². The lowest BCUT2D eigenvalue weighted by atomic mass is 10.1. The minimum atomic E-state index is -0.256. The van der Waals surface area contributed by atoms with Gasteiger partial charge in [0.15, 0.2) is 5.65 Å². The van der Waals surface area contributed by atoms with Gasteiger partial charge in [0.25, 0.3) is 5.91 Å². The number of fused-ring (bicyclic) bond motifs is 3. The Kier molecular flexibility index (Phi) is 6.43. The van der Waals surface area contributed by atoms with E-state index in [0.29, 0.717) is 34.3 Å². The Balaban J connectivity index is 1.52. The van der Waals surface area contributed by atoms with E-state index >= 15 is 0 Å². The van der Waals surface area contributed by atoms with E-state index in [0.717, 1.165) is 29.3 Å². The lowest BCUT2D eigenvalue weighted by molar-refractivity contribution is 0.0955. The first-order valence-corrected chi connectivity index (χ1v) is 12.1. The second-order valence-corrected chi connectivity index (χ2v) is 8.66. The molecular formula is C27H29N7O. The Morgan fingerprint density at radius 1 is 1.06 bits per heavy atom. The number of aromatic nitrogens is 4. The van der Waals surface area contributed by atoms with Crippen molar-refractivity contribution in [2.75, 3.05) is 12.3 Å². The van der Waals surface area contributed by atoms with Crippen molar-refractivity contribution in [2.45, 2.75) is 39.0 Å². The highest BCUT2D eigenvalue weighted by Gasteiger charge is 2.24. The van der Waals surface area contributed by atoms with Gasteiger partial charge in [-0.2, -0.15) is 9.78 Å². The minimum Gasteiger partial charge on any atom is -0.383 e. The van der Waals surface area contributed by atoms with Crippen LogP contribution >= 0.6 is 0 Å². The molecule has 2 aromatic carbocycles. The Morgan fingerprint density at radius 3 is 2.63 bits per heavy atom. The maximum absolute atomic E-state index is 13.2. The molecule has 3 heterocycles. The zero-order valence-corrected chi connectivity index (χ0v) is 19.8. The highest BCUT2D eigenvalue weighted by Crippen LogP contribution is 2.28. The van der Waals surface area contributed by atoms with Gasteiger partial charge in [0.1, 0.15) is 16.9 Å². The number of hydrogen-bond donors (Lipinski definition) is 3. The number of rotatable bonds is 9. The number of nitrogens with one attached hydrogen (secondary N) is 2. The fourth-order valence-electron chi connectivity index (χ4n) is 4.33. The molecule has 5 aromatic rings. The Bertz CT molecular complexity index is 1530. The van der Waals surface area contributed by atoms with Gasteiger partial charge in [-0.3, -0.25) is 4.79 Å². The van der Waals surface area contributed by atoms with Crippen molar-refractivity contribution in [2.24, 2.45) is 5.10 Å². The Hall–Kier alpha value is -4.20. The molecule has 0 saturated heterocycles. The monoisotopic (exact) mass is 467 g/mol. The molecule has 1 amide bonds. The zero-order chi connectivity index (χ0) is 24.2. The normalized spacial score (nSPS) is 11.8. The van der Waals surface area contributed by atoms with E-state index in [1.54, 1.807) is 6.21 Å². The number of aromatic amines is 1. The number of nitrogens with zero attached hydrogens (tertiary/aromatic N) is 4. The highest BCUT2D eigenvalue weighted by molar-refractivity contribution is 6.11. The van der Waals surface area contributed by atoms with Crippen LogP contribution in [0.3, 0.4) is 0 Å². The van der Waals surface area contributed by atoms with Crippen LogP contribution in [0.5, 0.6) is 0 Å². The second-order valence-electron chi connectivity index (χ2n) is 8.66. The molecule has 3 aromatic heterocycles. The van der Waals surface area contributed by atoms with Gasteiger partial charge in [-0.1, -0.05) is 62.9 Å². The Labute approximate surface area is 203 Å². The fraction of sp³-hybridized carbons (Fsp3) is 0.259. The summed E-state index contributed by atoms with van der Waals surface area (Å²) in [5, 5.41) is 8.68. The molecular weight excluding hydrogens is 438 g/mol. The van der Waals surface area contributed by atoms with Crippen LogP contribution in [0.25, 0.3) is 33.1 Å². The number of carbonyl (C=O) groups is 1. The van der Waals surface area contributed by atoms with Crippen LogP contribution in [0.15, 0.2) is 59.8 Å². The van der Waals surface area contributed by atoms with Crippen LogP contribution in [0.1, 0.15) is 54.9 Å². The largest absolute Gasteiger partial charge is 0.383 e. The molecule has 35 heavy (non-hydrogen) atoms. The number of anilines is 1. The average molecular weight is 468 g/mol.